The van der Waals surface area contributed by atoms with Crippen molar-refractivity contribution in [3.63, 3.8) is 0 Å². The van der Waals surface area contributed by atoms with Crippen molar-refractivity contribution in [2.75, 3.05) is 12.4 Å². The lowest BCUT2D eigenvalue weighted by atomic mass is 10.2. The van der Waals surface area contributed by atoms with Crippen molar-refractivity contribution in [1.82, 2.24) is 5.43 Å². The largest absolute Gasteiger partial charge is 0.493 e. The molecule has 0 aliphatic rings. The van der Waals surface area contributed by atoms with Gasteiger partial charge in [-0.2, -0.15) is 5.10 Å². The minimum absolute atomic E-state index is 0.00408. The summed E-state index contributed by atoms with van der Waals surface area (Å²) in [6.45, 7) is 2.08. The molecular weight excluding hydrogens is 605 g/mol. The molecule has 7 nitrogen and oxygen atoms in total. The molecule has 0 fully saturated rings. The maximum atomic E-state index is 12.1. The molecule has 2 amide bonds. The van der Waals surface area contributed by atoms with E-state index in [9.17, 15) is 9.59 Å². The topological polar surface area (TPSA) is 89.0 Å². The van der Waals surface area contributed by atoms with Gasteiger partial charge in [0.05, 0.1) is 17.8 Å². The van der Waals surface area contributed by atoms with Crippen LogP contribution in [0.5, 0.6) is 11.5 Å². The van der Waals surface area contributed by atoms with E-state index in [4.69, 9.17) is 44.3 Å². The van der Waals surface area contributed by atoms with Crippen LogP contribution in [0.15, 0.2) is 58.1 Å². The number of nitrogens with one attached hydrogen (secondary N) is 2. The fraction of sp³-hybridized carbons (Fsp3) is 0.192. The van der Waals surface area contributed by atoms with Crippen LogP contribution in [0.25, 0.3) is 0 Å². The van der Waals surface area contributed by atoms with Gasteiger partial charge in [-0.15, -0.1) is 0 Å². The van der Waals surface area contributed by atoms with Crippen molar-refractivity contribution in [3.05, 3.63) is 84.8 Å². The number of ether oxygens (including phenoxy) is 2. The molecule has 194 valence electrons. The van der Waals surface area contributed by atoms with Crippen LogP contribution < -0.4 is 20.2 Å². The van der Waals surface area contributed by atoms with Gasteiger partial charge in [0, 0.05) is 39.2 Å². The Morgan fingerprint density at radius 2 is 1.76 bits per heavy atom. The summed E-state index contributed by atoms with van der Waals surface area (Å²) in [5, 5.41) is 8.27. The van der Waals surface area contributed by atoms with E-state index in [-0.39, 0.29) is 25.4 Å². The molecule has 0 spiro atoms. The second kappa shape index (κ2) is 13.7. The first-order chi connectivity index (χ1) is 17.7. The van der Waals surface area contributed by atoms with Crippen LogP contribution in [0, 0.1) is 6.92 Å². The third kappa shape index (κ3) is 8.64. The van der Waals surface area contributed by atoms with Gasteiger partial charge in [0.25, 0.3) is 0 Å². The molecule has 0 saturated heterocycles. The molecule has 0 radical (unpaired) electrons. The van der Waals surface area contributed by atoms with Crippen LogP contribution >= 0.6 is 50.7 Å². The summed E-state index contributed by atoms with van der Waals surface area (Å²) in [7, 11) is 1.52. The number of carbonyl (C=O) groups is 2. The number of anilines is 1. The second-order valence-corrected chi connectivity index (χ2v) is 9.97. The van der Waals surface area contributed by atoms with Gasteiger partial charge >= 0.3 is 0 Å². The van der Waals surface area contributed by atoms with Crippen molar-refractivity contribution in [2.45, 2.75) is 26.4 Å². The normalized spacial score (nSPS) is 10.9. The summed E-state index contributed by atoms with van der Waals surface area (Å²) in [6, 6.07) is 13.9. The third-order valence-electron chi connectivity index (χ3n) is 5.08. The van der Waals surface area contributed by atoms with Gasteiger partial charge in [-0.1, -0.05) is 46.9 Å². The number of carbonyl (C=O) groups excluding carboxylic acids is 2. The lowest BCUT2D eigenvalue weighted by molar-refractivity contribution is -0.124. The number of amides is 2. The average molecular weight is 628 g/mol. The van der Waals surface area contributed by atoms with E-state index in [0.717, 1.165) is 11.1 Å². The van der Waals surface area contributed by atoms with Crippen molar-refractivity contribution < 1.29 is 19.1 Å². The highest BCUT2D eigenvalue weighted by atomic mass is 79.9. The zero-order valence-corrected chi connectivity index (χ0v) is 23.8. The molecule has 0 saturated carbocycles. The summed E-state index contributed by atoms with van der Waals surface area (Å²) in [5.74, 6) is 0.234. The Morgan fingerprint density at radius 3 is 2.46 bits per heavy atom. The van der Waals surface area contributed by atoms with E-state index in [1.165, 1.54) is 13.3 Å². The standard InChI is InChI=1S/C26H23BrCl3N3O4/c1-15-3-6-19(12-21(15)29)32-24(34)7-8-25(35)33-31-13-16-9-20(27)26(23(10-16)36-2)37-14-17-4-5-18(28)11-22(17)30/h3-6,9-13H,7-8,14H2,1-2H3,(H,32,34)(H,33,35). The maximum Gasteiger partial charge on any atom is 0.240 e. The Bertz CT molecular complexity index is 1330. The molecule has 0 heterocycles. The quantitative estimate of drug-likeness (QED) is 0.184. The number of hydrogen-bond donors (Lipinski definition) is 2. The smallest absolute Gasteiger partial charge is 0.240 e. The van der Waals surface area contributed by atoms with Crippen molar-refractivity contribution >= 4 is 74.4 Å². The van der Waals surface area contributed by atoms with Crippen molar-refractivity contribution in [3.8, 4) is 11.5 Å². The molecule has 0 aliphatic carbocycles. The van der Waals surface area contributed by atoms with Crippen LogP contribution in [-0.2, 0) is 16.2 Å². The minimum atomic E-state index is -0.404. The average Bonchev–Trinajstić information content (AvgIpc) is 2.85. The second-order valence-electron chi connectivity index (χ2n) is 7.86. The van der Waals surface area contributed by atoms with Gasteiger partial charge in [0.15, 0.2) is 11.5 Å². The summed E-state index contributed by atoms with van der Waals surface area (Å²) in [5.41, 5.74) is 5.31. The van der Waals surface area contributed by atoms with Crippen LogP contribution in [0.1, 0.15) is 29.5 Å². The van der Waals surface area contributed by atoms with E-state index in [0.29, 0.717) is 42.3 Å². The van der Waals surface area contributed by atoms with Crippen molar-refractivity contribution in [2.24, 2.45) is 5.10 Å². The molecule has 3 aromatic rings. The van der Waals surface area contributed by atoms with Gasteiger partial charge in [-0.3, -0.25) is 9.59 Å². The van der Waals surface area contributed by atoms with Crippen LogP contribution in [0.3, 0.4) is 0 Å². The fourth-order valence-electron chi connectivity index (χ4n) is 3.10. The molecule has 0 aromatic heterocycles. The van der Waals surface area contributed by atoms with Gasteiger partial charge in [0.2, 0.25) is 11.8 Å². The van der Waals surface area contributed by atoms with Crippen LogP contribution in [0.2, 0.25) is 15.1 Å². The van der Waals surface area contributed by atoms with E-state index >= 15 is 0 Å². The summed E-state index contributed by atoms with van der Waals surface area (Å²) in [6.07, 6.45) is 1.42. The Hall–Kier alpha value is -2.78. The van der Waals surface area contributed by atoms with E-state index in [1.807, 2.05) is 6.92 Å². The first-order valence-corrected chi connectivity index (χ1v) is 12.9. The molecule has 0 unspecified atom stereocenters. The van der Waals surface area contributed by atoms with Crippen LogP contribution in [-0.4, -0.2) is 25.1 Å². The number of hydrogen-bond acceptors (Lipinski definition) is 5. The fourth-order valence-corrected chi connectivity index (χ4v) is 4.32. The molecule has 0 bridgehead atoms. The van der Waals surface area contributed by atoms with Gasteiger partial charge in [0.1, 0.15) is 6.61 Å². The molecule has 37 heavy (non-hydrogen) atoms. The third-order valence-corrected chi connectivity index (χ3v) is 6.66. The summed E-state index contributed by atoms with van der Waals surface area (Å²) < 4.78 is 12.0. The number of halogens is 4. The first-order valence-electron chi connectivity index (χ1n) is 11.0. The predicted molar refractivity (Wildman–Crippen MR) is 151 cm³/mol. The molecule has 3 rings (SSSR count). The Morgan fingerprint density at radius 1 is 1.00 bits per heavy atom. The number of aryl methyl sites for hydroxylation is 1. The summed E-state index contributed by atoms with van der Waals surface area (Å²) >= 11 is 21.7. The number of nitrogens with zero attached hydrogens (tertiary/aromatic N) is 1. The zero-order chi connectivity index (χ0) is 26.9. The van der Waals surface area contributed by atoms with Gasteiger partial charge in [-0.25, -0.2) is 5.43 Å². The van der Waals surface area contributed by atoms with Crippen LogP contribution in [0.4, 0.5) is 5.69 Å². The molecule has 2 N–H and O–H groups in total. The zero-order valence-electron chi connectivity index (χ0n) is 19.9. The highest BCUT2D eigenvalue weighted by Gasteiger charge is 2.13. The van der Waals surface area contributed by atoms with Gasteiger partial charge in [-0.05, 0) is 70.4 Å². The lowest BCUT2D eigenvalue weighted by Crippen LogP contribution is -2.20. The highest BCUT2D eigenvalue weighted by Crippen LogP contribution is 2.37. The van der Waals surface area contributed by atoms with E-state index < -0.39 is 5.91 Å². The SMILES string of the molecule is COc1cc(C=NNC(=O)CCC(=O)Nc2ccc(C)c(Cl)c2)cc(Br)c1OCc1ccc(Cl)cc1Cl. The van der Waals surface area contributed by atoms with Crippen molar-refractivity contribution in [1.29, 1.82) is 0 Å². The molecule has 11 heteroatoms. The Labute approximate surface area is 238 Å². The maximum absolute atomic E-state index is 12.1. The van der Waals surface area contributed by atoms with E-state index in [2.05, 4.69) is 31.8 Å². The predicted octanol–water partition coefficient (Wildman–Crippen LogP) is 7.17. The number of methoxy groups -OCH3 is 1. The van der Waals surface area contributed by atoms with Gasteiger partial charge < -0.3 is 14.8 Å². The number of benzene rings is 3. The molecule has 0 atom stereocenters. The molecular formula is C26H23BrCl3N3O4. The number of hydrazone groups is 1. The summed E-state index contributed by atoms with van der Waals surface area (Å²) in [4.78, 5) is 24.2. The minimum Gasteiger partial charge on any atom is -0.493 e. The first kappa shape index (κ1) is 28.8. The molecule has 3 aromatic carbocycles. The Balaban J connectivity index is 1.53. The monoisotopic (exact) mass is 625 g/mol. The lowest BCUT2D eigenvalue weighted by Gasteiger charge is -2.14. The highest BCUT2D eigenvalue weighted by molar-refractivity contribution is 9.10. The Kier molecular flexibility index (Phi) is 10.6. The van der Waals surface area contributed by atoms with E-state index in [1.54, 1.807) is 48.5 Å². The number of rotatable bonds is 10. The molecule has 0 aliphatic heterocycles.